The molecule has 6 heteroatoms. The Hall–Kier alpha value is -2.05. The number of carbonyl (C=O) groups excluding carboxylic acids is 1. The molecule has 3 rings (SSSR count). The van der Waals surface area contributed by atoms with Gasteiger partial charge in [0, 0.05) is 20.1 Å². The molecule has 126 valence electrons. The van der Waals surface area contributed by atoms with Crippen LogP contribution in [0.3, 0.4) is 0 Å². The zero-order valence-corrected chi connectivity index (χ0v) is 16.5. The molecule has 0 amide bonds. The first-order valence-electron chi connectivity index (χ1n) is 7.65. The topological polar surface area (TPSA) is 52.1 Å². The average Bonchev–Trinajstić information content (AvgIpc) is 2.61. The number of hydrogen-bond acceptors (Lipinski definition) is 4. The van der Waals surface area contributed by atoms with Gasteiger partial charge in [0.15, 0.2) is 11.5 Å². The summed E-state index contributed by atoms with van der Waals surface area (Å²) in [5.41, 5.74) is 2.60. The van der Waals surface area contributed by atoms with Crippen molar-refractivity contribution in [3.8, 4) is 22.6 Å². The average molecular weight is 462 g/mol. The van der Waals surface area contributed by atoms with Crippen LogP contribution in [0.25, 0.3) is 22.6 Å². The highest BCUT2D eigenvalue weighted by molar-refractivity contribution is 9.10. The molecule has 0 saturated heterocycles. The molecule has 25 heavy (non-hydrogen) atoms. The Balaban J connectivity index is 2.16. The lowest BCUT2D eigenvalue weighted by molar-refractivity contribution is 0.0519. The third-order valence-electron chi connectivity index (χ3n) is 3.41. The number of esters is 1. The van der Waals surface area contributed by atoms with Crippen LogP contribution >= 0.6 is 31.9 Å². The molecule has 4 nitrogen and oxygen atoms in total. The van der Waals surface area contributed by atoms with Crippen molar-refractivity contribution in [3.05, 3.63) is 69.2 Å². The third kappa shape index (κ3) is 4.32. The number of ether oxygens (including phenoxy) is 1. The fourth-order valence-corrected chi connectivity index (χ4v) is 3.11. The molecule has 0 N–H and O–H groups in total. The molecule has 0 atom stereocenters. The van der Waals surface area contributed by atoms with Gasteiger partial charge in [-0.15, -0.1) is 0 Å². The Morgan fingerprint density at radius 1 is 0.960 bits per heavy atom. The minimum absolute atomic E-state index is 0.238. The molecular weight excluding hydrogens is 448 g/mol. The van der Waals surface area contributed by atoms with Crippen LogP contribution in [0.1, 0.15) is 17.4 Å². The first kappa shape index (κ1) is 17.8. The number of aromatic nitrogens is 2. The van der Waals surface area contributed by atoms with Crippen molar-refractivity contribution in [3.63, 3.8) is 0 Å². The van der Waals surface area contributed by atoms with Crippen molar-refractivity contribution >= 4 is 37.8 Å². The molecule has 0 bridgehead atoms. The molecular formula is C19H14Br2N2O2. The number of nitrogens with zero attached hydrogens (tertiary/aromatic N) is 2. The molecule has 1 heterocycles. The quantitative estimate of drug-likeness (QED) is 0.480. The monoisotopic (exact) mass is 460 g/mol. The summed E-state index contributed by atoms with van der Waals surface area (Å²) in [5, 5.41) is 0. The Morgan fingerprint density at radius 3 is 2.24 bits per heavy atom. The molecule has 0 aliphatic rings. The molecule has 0 unspecified atom stereocenters. The summed E-state index contributed by atoms with van der Waals surface area (Å²) < 4.78 is 6.96. The van der Waals surface area contributed by atoms with Crippen LogP contribution in [0.15, 0.2) is 63.5 Å². The van der Waals surface area contributed by atoms with E-state index in [-0.39, 0.29) is 5.69 Å². The lowest BCUT2D eigenvalue weighted by Crippen LogP contribution is -2.09. The molecule has 0 saturated carbocycles. The summed E-state index contributed by atoms with van der Waals surface area (Å²) in [4.78, 5) is 21.2. The summed E-state index contributed by atoms with van der Waals surface area (Å²) in [7, 11) is 0. The normalized spacial score (nSPS) is 10.5. The van der Waals surface area contributed by atoms with Crippen molar-refractivity contribution in [1.29, 1.82) is 0 Å². The largest absolute Gasteiger partial charge is 0.461 e. The summed E-state index contributed by atoms with van der Waals surface area (Å²) in [6.45, 7) is 2.06. The summed E-state index contributed by atoms with van der Waals surface area (Å²) in [5.74, 6) is 0.0132. The fraction of sp³-hybridized carbons (Fsp3) is 0.105. The van der Waals surface area contributed by atoms with Gasteiger partial charge in [0.05, 0.1) is 12.3 Å². The molecule has 3 aromatic rings. The predicted octanol–water partition coefficient (Wildman–Crippen LogP) is 5.51. The van der Waals surface area contributed by atoms with E-state index >= 15 is 0 Å². The molecule has 0 aliphatic carbocycles. The summed E-state index contributed by atoms with van der Waals surface area (Å²) in [6.07, 6.45) is 0. The van der Waals surface area contributed by atoms with Crippen LogP contribution in [0, 0.1) is 0 Å². The van der Waals surface area contributed by atoms with E-state index in [1.165, 1.54) is 0 Å². The van der Waals surface area contributed by atoms with Crippen LogP contribution in [-0.4, -0.2) is 22.5 Å². The van der Waals surface area contributed by atoms with Crippen molar-refractivity contribution in [2.24, 2.45) is 0 Å². The summed E-state index contributed by atoms with van der Waals surface area (Å²) >= 11 is 6.91. The van der Waals surface area contributed by atoms with Crippen LogP contribution < -0.4 is 0 Å². The van der Waals surface area contributed by atoms with Gasteiger partial charge >= 0.3 is 5.97 Å². The first-order chi connectivity index (χ1) is 12.1. The van der Waals surface area contributed by atoms with Gasteiger partial charge in [0.2, 0.25) is 0 Å². The fourth-order valence-electron chi connectivity index (χ4n) is 2.31. The maximum Gasteiger partial charge on any atom is 0.357 e. The highest BCUT2D eigenvalue weighted by Gasteiger charge is 2.15. The zero-order chi connectivity index (χ0) is 17.8. The Kier molecular flexibility index (Phi) is 5.60. The van der Waals surface area contributed by atoms with E-state index in [9.17, 15) is 4.79 Å². The van der Waals surface area contributed by atoms with E-state index in [1.807, 2.05) is 48.5 Å². The smallest absolute Gasteiger partial charge is 0.357 e. The minimum Gasteiger partial charge on any atom is -0.461 e. The van der Waals surface area contributed by atoms with E-state index in [4.69, 9.17) is 4.74 Å². The third-order valence-corrected chi connectivity index (χ3v) is 4.40. The minimum atomic E-state index is -0.461. The van der Waals surface area contributed by atoms with Crippen LogP contribution in [0.5, 0.6) is 0 Å². The van der Waals surface area contributed by atoms with Gasteiger partial charge in [-0.3, -0.25) is 0 Å². The SMILES string of the molecule is CCOC(=O)c1cc(-c2cccc(Br)c2)nc(-c2cccc(Br)c2)n1. The number of carbonyl (C=O) groups is 1. The standard InChI is InChI=1S/C19H14Br2N2O2/c1-2-25-19(24)17-11-16(12-5-3-7-14(20)9-12)22-18(23-17)13-6-4-8-15(21)10-13/h3-11H,2H2,1H3. The number of hydrogen-bond donors (Lipinski definition) is 0. The van der Waals surface area contributed by atoms with Crippen molar-refractivity contribution < 1.29 is 9.53 Å². The predicted molar refractivity (Wildman–Crippen MR) is 104 cm³/mol. The Morgan fingerprint density at radius 2 is 1.60 bits per heavy atom. The molecule has 0 spiro atoms. The lowest BCUT2D eigenvalue weighted by Gasteiger charge is -2.09. The van der Waals surface area contributed by atoms with Gasteiger partial charge in [0.25, 0.3) is 0 Å². The number of halogens is 2. The van der Waals surface area contributed by atoms with Crippen LogP contribution in [0.4, 0.5) is 0 Å². The zero-order valence-electron chi connectivity index (χ0n) is 13.4. The first-order valence-corrected chi connectivity index (χ1v) is 9.23. The Labute approximate surface area is 162 Å². The molecule has 0 aliphatic heterocycles. The van der Waals surface area contributed by atoms with Gasteiger partial charge in [-0.2, -0.15) is 0 Å². The van der Waals surface area contributed by atoms with Gasteiger partial charge in [-0.05, 0) is 37.3 Å². The number of benzene rings is 2. The second-order valence-corrected chi connectivity index (χ2v) is 7.03. The van der Waals surface area contributed by atoms with Gasteiger partial charge < -0.3 is 4.74 Å². The van der Waals surface area contributed by atoms with Crippen LogP contribution in [0.2, 0.25) is 0 Å². The maximum absolute atomic E-state index is 12.2. The van der Waals surface area contributed by atoms with Crippen molar-refractivity contribution in [1.82, 2.24) is 9.97 Å². The van der Waals surface area contributed by atoms with Crippen molar-refractivity contribution in [2.45, 2.75) is 6.92 Å². The van der Waals surface area contributed by atoms with E-state index in [0.29, 0.717) is 18.1 Å². The van der Waals surface area contributed by atoms with E-state index in [2.05, 4.69) is 41.8 Å². The molecule has 0 radical (unpaired) electrons. The van der Waals surface area contributed by atoms with E-state index in [0.717, 1.165) is 20.1 Å². The summed E-state index contributed by atoms with van der Waals surface area (Å²) in [6, 6.07) is 17.0. The van der Waals surface area contributed by atoms with Gasteiger partial charge in [-0.25, -0.2) is 14.8 Å². The van der Waals surface area contributed by atoms with E-state index in [1.54, 1.807) is 13.0 Å². The molecule has 0 fully saturated rings. The van der Waals surface area contributed by atoms with Gasteiger partial charge in [0.1, 0.15) is 0 Å². The second kappa shape index (κ2) is 7.89. The van der Waals surface area contributed by atoms with Crippen molar-refractivity contribution in [2.75, 3.05) is 6.61 Å². The lowest BCUT2D eigenvalue weighted by atomic mass is 10.1. The second-order valence-electron chi connectivity index (χ2n) is 5.20. The molecule has 1 aromatic heterocycles. The van der Waals surface area contributed by atoms with Gasteiger partial charge in [-0.1, -0.05) is 56.1 Å². The highest BCUT2D eigenvalue weighted by Crippen LogP contribution is 2.26. The Bertz CT molecular complexity index is 865. The molecule has 2 aromatic carbocycles. The maximum atomic E-state index is 12.2. The van der Waals surface area contributed by atoms with E-state index < -0.39 is 5.97 Å². The highest BCUT2D eigenvalue weighted by atomic mass is 79.9. The number of rotatable bonds is 4. The van der Waals surface area contributed by atoms with Crippen LogP contribution in [-0.2, 0) is 4.74 Å².